The van der Waals surface area contributed by atoms with Crippen molar-refractivity contribution < 1.29 is 5.11 Å². The lowest BCUT2D eigenvalue weighted by Gasteiger charge is -2.10. The summed E-state index contributed by atoms with van der Waals surface area (Å²) >= 11 is 0. The molecule has 0 radical (unpaired) electrons. The summed E-state index contributed by atoms with van der Waals surface area (Å²) in [5, 5.41) is 11.6. The molecule has 1 aromatic rings. The van der Waals surface area contributed by atoms with E-state index in [1.54, 1.807) is 0 Å². The first-order valence-electron chi connectivity index (χ1n) is 4.62. The minimum absolute atomic E-state index is 0.168. The Morgan fingerprint density at radius 1 is 1.71 bits per heavy atom. The summed E-state index contributed by atoms with van der Waals surface area (Å²) in [6, 6.07) is 0. The van der Waals surface area contributed by atoms with Gasteiger partial charge in [0.25, 0.3) is 5.56 Å². The fourth-order valence-electron chi connectivity index (χ4n) is 1.07. The number of aliphatic hydroxyl groups excluding tert-OH is 1. The second-order valence-corrected chi connectivity index (χ2v) is 3.27. The lowest BCUT2D eigenvalue weighted by molar-refractivity contribution is 0.266. The monoisotopic (exact) mass is 197 g/mol. The average molecular weight is 197 g/mol. The first kappa shape index (κ1) is 10.7. The van der Waals surface area contributed by atoms with Crippen LogP contribution in [0.1, 0.15) is 13.3 Å². The maximum absolute atomic E-state index is 11.2. The number of rotatable bonds is 5. The van der Waals surface area contributed by atoms with Gasteiger partial charge in [0, 0.05) is 25.5 Å². The van der Waals surface area contributed by atoms with Gasteiger partial charge in [-0.2, -0.15) is 0 Å². The van der Waals surface area contributed by atoms with Crippen LogP contribution in [0.15, 0.2) is 17.2 Å². The normalized spacial score (nSPS) is 12.4. The Kier molecular flexibility index (Phi) is 4.12. The number of H-pyrrole nitrogens is 1. The van der Waals surface area contributed by atoms with Crippen LogP contribution in [-0.2, 0) is 0 Å². The summed E-state index contributed by atoms with van der Waals surface area (Å²) in [5.41, 5.74) is -0.219. The van der Waals surface area contributed by atoms with Crippen LogP contribution in [0.5, 0.6) is 0 Å². The highest BCUT2D eigenvalue weighted by Gasteiger charge is 2.03. The predicted molar refractivity (Wildman–Crippen MR) is 54.2 cm³/mol. The van der Waals surface area contributed by atoms with Crippen molar-refractivity contribution in [3.05, 3.63) is 22.7 Å². The smallest absolute Gasteiger partial charge is 0.290 e. The van der Waals surface area contributed by atoms with E-state index in [1.807, 2.05) is 6.92 Å². The molecule has 1 heterocycles. The van der Waals surface area contributed by atoms with Crippen molar-refractivity contribution in [3.8, 4) is 0 Å². The molecule has 0 bridgehead atoms. The molecule has 0 spiro atoms. The van der Waals surface area contributed by atoms with E-state index in [0.29, 0.717) is 18.3 Å². The molecule has 0 aliphatic carbocycles. The number of aliphatic hydroxyl groups is 1. The van der Waals surface area contributed by atoms with E-state index < -0.39 is 0 Å². The molecule has 0 aliphatic rings. The number of nitrogens with one attached hydrogen (secondary N) is 2. The number of aromatic nitrogens is 2. The van der Waals surface area contributed by atoms with Crippen LogP contribution in [0.25, 0.3) is 0 Å². The Morgan fingerprint density at radius 2 is 2.50 bits per heavy atom. The van der Waals surface area contributed by atoms with E-state index in [1.165, 1.54) is 12.4 Å². The largest absolute Gasteiger partial charge is 0.396 e. The topological polar surface area (TPSA) is 78.0 Å². The number of anilines is 1. The van der Waals surface area contributed by atoms with Crippen molar-refractivity contribution in [2.75, 3.05) is 18.5 Å². The van der Waals surface area contributed by atoms with Crippen molar-refractivity contribution in [1.29, 1.82) is 0 Å². The van der Waals surface area contributed by atoms with Crippen LogP contribution < -0.4 is 10.9 Å². The standard InChI is InChI=1S/C9H15N3O2/c1-7(2-5-13)6-12-8-9(14)11-4-3-10-8/h3-4,7,13H,2,5-6H2,1H3,(H,10,12)(H,11,14). The summed E-state index contributed by atoms with van der Waals surface area (Å²) in [6.07, 6.45) is 3.74. The quantitative estimate of drug-likeness (QED) is 0.630. The summed E-state index contributed by atoms with van der Waals surface area (Å²) in [5.74, 6) is 0.652. The molecule has 1 rings (SSSR count). The zero-order chi connectivity index (χ0) is 10.4. The third kappa shape index (κ3) is 3.18. The third-order valence-corrected chi connectivity index (χ3v) is 1.95. The number of nitrogens with zero attached hydrogens (tertiary/aromatic N) is 1. The number of hydrogen-bond acceptors (Lipinski definition) is 4. The van der Waals surface area contributed by atoms with E-state index in [9.17, 15) is 4.79 Å². The molecule has 0 aliphatic heterocycles. The Morgan fingerprint density at radius 3 is 3.14 bits per heavy atom. The molecular weight excluding hydrogens is 182 g/mol. The van der Waals surface area contributed by atoms with Crippen molar-refractivity contribution in [2.24, 2.45) is 5.92 Å². The fourth-order valence-corrected chi connectivity index (χ4v) is 1.07. The Labute approximate surface area is 82.2 Å². The number of aromatic amines is 1. The van der Waals surface area contributed by atoms with Gasteiger partial charge in [0.05, 0.1) is 0 Å². The molecule has 1 atom stereocenters. The van der Waals surface area contributed by atoms with Gasteiger partial charge in [-0.15, -0.1) is 0 Å². The molecule has 0 saturated carbocycles. The predicted octanol–water partition coefficient (Wildman–Crippen LogP) is 0.200. The van der Waals surface area contributed by atoms with Gasteiger partial charge < -0.3 is 15.4 Å². The van der Waals surface area contributed by atoms with Crippen molar-refractivity contribution >= 4 is 5.82 Å². The molecular formula is C9H15N3O2. The van der Waals surface area contributed by atoms with Gasteiger partial charge in [-0.25, -0.2) is 4.98 Å². The van der Waals surface area contributed by atoms with Gasteiger partial charge in [0.15, 0.2) is 5.82 Å². The maximum Gasteiger partial charge on any atom is 0.290 e. The Balaban J connectivity index is 2.46. The number of hydrogen-bond donors (Lipinski definition) is 3. The Hall–Kier alpha value is -1.36. The molecule has 1 aromatic heterocycles. The van der Waals surface area contributed by atoms with E-state index in [4.69, 9.17) is 5.11 Å². The molecule has 5 heteroatoms. The Bertz CT molecular complexity index is 324. The second-order valence-electron chi connectivity index (χ2n) is 3.27. The summed E-state index contributed by atoms with van der Waals surface area (Å²) < 4.78 is 0. The SMILES string of the molecule is CC(CCO)CNc1ncc[nH]c1=O. The first-order chi connectivity index (χ1) is 6.74. The second kappa shape index (κ2) is 5.39. The van der Waals surface area contributed by atoms with E-state index in [0.717, 1.165) is 6.42 Å². The van der Waals surface area contributed by atoms with E-state index in [-0.39, 0.29) is 12.2 Å². The minimum Gasteiger partial charge on any atom is -0.396 e. The molecule has 0 fully saturated rings. The van der Waals surface area contributed by atoms with E-state index >= 15 is 0 Å². The van der Waals surface area contributed by atoms with Crippen LogP contribution >= 0.6 is 0 Å². The first-order valence-corrected chi connectivity index (χ1v) is 4.62. The highest BCUT2D eigenvalue weighted by molar-refractivity contribution is 5.29. The third-order valence-electron chi connectivity index (χ3n) is 1.95. The zero-order valence-electron chi connectivity index (χ0n) is 8.16. The molecule has 14 heavy (non-hydrogen) atoms. The highest BCUT2D eigenvalue weighted by atomic mass is 16.3. The lowest BCUT2D eigenvalue weighted by atomic mass is 10.1. The van der Waals surface area contributed by atoms with Crippen LogP contribution in [0, 0.1) is 5.92 Å². The van der Waals surface area contributed by atoms with Crippen molar-refractivity contribution in [1.82, 2.24) is 9.97 Å². The summed E-state index contributed by atoms with van der Waals surface area (Å²) in [7, 11) is 0. The zero-order valence-corrected chi connectivity index (χ0v) is 8.16. The van der Waals surface area contributed by atoms with Crippen LogP contribution in [0.4, 0.5) is 5.82 Å². The molecule has 5 nitrogen and oxygen atoms in total. The lowest BCUT2D eigenvalue weighted by Crippen LogP contribution is -2.20. The maximum atomic E-state index is 11.2. The fraction of sp³-hybridized carbons (Fsp3) is 0.556. The van der Waals surface area contributed by atoms with Gasteiger partial charge in [-0.3, -0.25) is 4.79 Å². The molecule has 3 N–H and O–H groups in total. The van der Waals surface area contributed by atoms with Gasteiger partial charge in [0.2, 0.25) is 0 Å². The van der Waals surface area contributed by atoms with Crippen LogP contribution in [0.3, 0.4) is 0 Å². The summed E-state index contributed by atoms with van der Waals surface area (Å²) in [6.45, 7) is 2.81. The molecule has 78 valence electrons. The molecule has 1 unspecified atom stereocenters. The average Bonchev–Trinajstić information content (AvgIpc) is 2.17. The van der Waals surface area contributed by atoms with Gasteiger partial charge in [-0.05, 0) is 12.3 Å². The minimum atomic E-state index is -0.219. The molecule has 0 saturated heterocycles. The van der Waals surface area contributed by atoms with Crippen molar-refractivity contribution in [2.45, 2.75) is 13.3 Å². The van der Waals surface area contributed by atoms with Gasteiger partial charge in [-0.1, -0.05) is 6.92 Å². The van der Waals surface area contributed by atoms with E-state index in [2.05, 4.69) is 15.3 Å². The molecule has 0 amide bonds. The molecule has 0 aromatic carbocycles. The van der Waals surface area contributed by atoms with Gasteiger partial charge >= 0.3 is 0 Å². The van der Waals surface area contributed by atoms with Crippen molar-refractivity contribution in [3.63, 3.8) is 0 Å². The van der Waals surface area contributed by atoms with Gasteiger partial charge in [0.1, 0.15) is 0 Å². The van der Waals surface area contributed by atoms with Crippen LogP contribution in [0.2, 0.25) is 0 Å². The van der Waals surface area contributed by atoms with Crippen LogP contribution in [-0.4, -0.2) is 28.2 Å². The summed E-state index contributed by atoms with van der Waals surface area (Å²) in [4.78, 5) is 17.6. The highest BCUT2D eigenvalue weighted by Crippen LogP contribution is 2.01.